The number of hydrogen-bond donors (Lipinski definition) is 1. The summed E-state index contributed by atoms with van der Waals surface area (Å²) in [5.41, 5.74) is 7.16. The van der Waals surface area contributed by atoms with E-state index < -0.39 is 5.54 Å². The van der Waals surface area contributed by atoms with Crippen molar-refractivity contribution in [1.82, 2.24) is 0 Å². The Bertz CT molecular complexity index is 544. The lowest BCUT2D eigenvalue weighted by Gasteiger charge is -2.41. The SMILES string of the molecule is BC1=CC(=O)C(N)(c2ccccc2Cl)CC1(B)B. The maximum atomic E-state index is 12.3. The lowest BCUT2D eigenvalue weighted by atomic mass is 9.41. The highest BCUT2D eigenvalue weighted by molar-refractivity contribution is 6.49. The van der Waals surface area contributed by atoms with Crippen molar-refractivity contribution in [2.45, 2.75) is 17.2 Å². The Morgan fingerprint density at radius 2 is 1.89 bits per heavy atom. The molecule has 0 spiro atoms. The molecule has 1 aromatic rings. The molecule has 1 aromatic carbocycles. The van der Waals surface area contributed by atoms with E-state index in [0.717, 1.165) is 5.47 Å². The fraction of sp³-hybridized carbons (Fsp3) is 0.250. The molecule has 0 bridgehead atoms. The summed E-state index contributed by atoms with van der Waals surface area (Å²) in [6.45, 7) is 0. The predicted molar refractivity (Wildman–Crippen MR) is 83.3 cm³/mol. The number of benzene rings is 1. The van der Waals surface area contributed by atoms with E-state index in [4.69, 9.17) is 17.3 Å². The molecule has 2 N–H and O–H groups in total. The van der Waals surface area contributed by atoms with Crippen LogP contribution in [-0.4, -0.2) is 29.3 Å². The normalized spacial score (nSPS) is 26.8. The molecular formula is C12H15B3ClNO. The van der Waals surface area contributed by atoms with Crippen LogP contribution in [0, 0.1) is 0 Å². The summed E-state index contributed by atoms with van der Waals surface area (Å²) in [5, 5.41) is 0.457. The Labute approximate surface area is 115 Å². The third-order valence-corrected chi connectivity index (χ3v) is 4.26. The van der Waals surface area contributed by atoms with Crippen LogP contribution in [0.25, 0.3) is 0 Å². The van der Waals surface area contributed by atoms with E-state index in [1.54, 1.807) is 12.1 Å². The number of allylic oxidation sites excluding steroid dienone is 1. The second kappa shape index (κ2) is 4.32. The van der Waals surface area contributed by atoms with E-state index in [1.807, 2.05) is 26.0 Å². The monoisotopic (exact) mass is 257 g/mol. The summed E-state index contributed by atoms with van der Waals surface area (Å²) in [4.78, 5) is 12.3. The quantitative estimate of drug-likeness (QED) is 0.680. The first kappa shape index (κ1) is 13.5. The summed E-state index contributed by atoms with van der Waals surface area (Å²) < 4.78 is 0. The van der Waals surface area contributed by atoms with Gasteiger partial charge in [0.05, 0.1) is 0 Å². The Hall–Kier alpha value is -0.925. The van der Waals surface area contributed by atoms with Gasteiger partial charge in [0, 0.05) is 5.02 Å². The smallest absolute Gasteiger partial charge is 0.179 e. The molecule has 2 nitrogen and oxygen atoms in total. The molecule has 18 heavy (non-hydrogen) atoms. The largest absolute Gasteiger partial charge is 0.315 e. The van der Waals surface area contributed by atoms with Crippen LogP contribution in [-0.2, 0) is 10.3 Å². The zero-order valence-corrected chi connectivity index (χ0v) is 11.7. The highest BCUT2D eigenvalue weighted by Gasteiger charge is 2.44. The molecule has 2 rings (SSSR count). The molecule has 90 valence electrons. The van der Waals surface area contributed by atoms with Crippen LogP contribution in [0.2, 0.25) is 10.2 Å². The first-order chi connectivity index (χ1) is 8.27. The molecule has 1 aliphatic carbocycles. The maximum absolute atomic E-state index is 12.3. The number of halogens is 1. The summed E-state index contributed by atoms with van der Waals surface area (Å²) >= 11 is 6.19. The van der Waals surface area contributed by atoms with Gasteiger partial charge < -0.3 is 5.73 Å². The van der Waals surface area contributed by atoms with Crippen LogP contribution >= 0.6 is 11.6 Å². The number of nitrogens with two attached hydrogens (primary N) is 1. The topological polar surface area (TPSA) is 43.1 Å². The molecule has 0 fully saturated rings. The van der Waals surface area contributed by atoms with Crippen LogP contribution < -0.4 is 5.73 Å². The van der Waals surface area contributed by atoms with Gasteiger partial charge in [0.15, 0.2) is 5.78 Å². The summed E-state index contributed by atoms with van der Waals surface area (Å²) in [6.07, 6.45) is 2.23. The lowest BCUT2D eigenvalue weighted by Crippen LogP contribution is -2.50. The van der Waals surface area contributed by atoms with Crippen LogP contribution in [0.5, 0.6) is 0 Å². The van der Waals surface area contributed by atoms with Gasteiger partial charge in [0.1, 0.15) is 29.1 Å². The fourth-order valence-corrected chi connectivity index (χ4v) is 2.80. The van der Waals surface area contributed by atoms with Crippen molar-refractivity contribution in [2.24, 2.45) is 5.73 Å². The number of carbonyl (C=O) groups is 1. The predicted octanol–water partition coefficient (Wildman–Crippen LogP) is -0.634. The van der Waals surface area contributed by atoms with Gasteiger partial charge in [0.2, 0.25) is 0 Å². The Morgan fingerprint density at radius 3 is 2.50 bits per heavy atom. The second-order valence-electron chi connectivity index (χ2n) is 5.70. The first-order valence-electron chi connectivity index (χ1n) is 6.04. The average molecular weight is 257 g/mol. The molecule has 1 unspecified atom stereocenters. The third kappa shape index (κ3) is 2.06. The van der Waals surface area contributed by atoms with E-state index in [0.29, 0.717) is 17.0 Å². The molecule has 0 amide bonds. The van der Waals surface area contributed by atoms with E-state index in [2.05, 4.69) is 15.7 Å². The van der Waals surface area contributed by atoms with E-state index in [1.165, 1.54) is 0 Å². The van der Waals surface area contributed by atoms with Crippen molar-refractivity contribution >= 4 is 40.9 Å². The third-order valence-electron chi connectivity index (χ3n) is 3.93. The zero-order chi connectivity index (χ0) is 13.6. The van der Waals surface area contributed by atoms with Crippen molar-refractivity contribution in [2.75, 3.05) is 0 Å². The minimum atomic E-state index is -1.01. The van der Waals surface area contributed by atoms with Gasteiger partial charge in [-0.1, -0.05) is 35.0 Å². The molecular weight excluding hydrogens is 242 g/mol. The molecule has 0 radical (unpaired) electrons. The number of carbonyl (C=O) groups excluding carboxylic acids is 1. The summed E-state index contributed by atoms with van der Waals surface area (Å²) in [7, 11) is 6.18. The van der Waals surface area contributed by atoms with Gasteiger partial charge in [-0.25, -0.2) is 0 Å². The summed E-state index contributed by atoms with van der Waals surface area (Å²) in [6, 6.07) is 7.32. The molecule has 0 aliphatic heterocycles. The van der Waals surface area contributed by atoms with Gasteiger partial charge in [0.25, 0.3) is 0 Å². The van der Waals surface area contributed by atoms with Crippen LogP contribution in [0.4, 0.5) is 0 Å². The molecule has 0 heterocycles. The molecule has 0 aromatic heterocycles. The molecule has 6 heteroatoms. The van der Waals surface area contributed by atoms with Crippen molar-refractivity contribution in [3.05, 3.63) is 46.4 Å². The minimum absolute atomic E-state index is 0.0626. The van der Waals surface area contributed by atoms with Crippen molar-refractivity contribution < 1.29 is 4.79 Å². The number of hydrogen-bond acceptors (Lipinski definition) is 2. The molecule has 1 atom stereocenters. The average Bonchev–Trinajstić information content (AvgIpc) is 2.27. The maximum Gasteiger partial charge on any atom is 0.179 e. The highest BCUT2D eigenvalue weighted by atomic mass is 35.5. The van der Waals surface area contributed by atoms with Crippen molar-refractivity contribution in [1.29, 1.82) is 0 Å². The van der Waals surface area contributed by atoms with Gasteiger partial charge in [-0.2, -0.15) is 0 Å². The molecule has 1 aliphatic rings. The van der Waals surface area contributed by atoms with E-state index >= 15 is 0 Å². The standard InChI is InChI=1S/C12H15B3ClNO/c13-9-5-10(18)11(17,6-12(9,14)15)7-3-1-2-4-8(7)16/h1-5H,6,13-15,17H2. The Morgan fingerprint density at radius 1 is 1.28 bits per heavy atom. The van der Waals surface area contributed by atoms with Gasteiger partial charge >= 0.3 is 0 Å². The van der Waals surface area contributed by atoms with E-state index in [-0.39, 0.29) is 11.0 Å². The minimum Gasteiger partial charge on any atom is -0.315 e. The van der Waals surface area contributed by atoms with Crippen molar-refractivity contribution in [3.8, 4) is 0 Å². The lowest BCUT2D eigenvalue weighted by molar-refractivity contribution is -0.120. The van der Waals surface area contributed by atoms with Gasteiger partial charge in [-0.15, -0.1) is 5.47 Å². The Kier molecular flexibility index (Phi) is 3.24. The van der Waals surface area contributed by atoms with E-state index in [9.17, 15) is 4.79 Å². The van der Waals surface area contributed by atoms with Crippen LogP contribution in [0.3, 0.4) is 0 Å². The zero-order valence-electron chi connectivity index (χ0n) is 11.0. The van der Waals surface area contributed by atoms with Gasteiger partial charge in [-0.3, -0.25) is 4.79 Å². The second-order valence-corrected chi connectivity index (χ2v) is 6.11. The highest BCUT2D eigenvalue weighted by Crippen LogP contribution is 2.44. The fourth-order valence-electron chi connectivity index (χ4n) is 2.50. The number of rotatable bonds is 1. The van der Waals surface area contributed by atoms with Crippen LogP contribution in [0.1, 0.15) is 12.0 Å². The van der Waals surface area contributed by atoms with Crippen LogP contribution in [0.15, 0.2) is 35.8 Å². The summed E-state index contributed by atoms with van der Waals surface area (Å²) in [5.74, 6) is -0.0626. The van der Waals surface area contributed by atoms with Gasteiger partial charge in [-0.05, 0) is 24.1 Å². The first-order valence-corrected chi connectivity index (χ1v) is 6.42. The number of ketones is 1. The molecule has 0 saturated heterocycles. The Balaban J connectivity index is 2.57. The van der Waals surface area contributed by atoms with Crippen molar-refractivity contribution in [3.63, 3.8) is 0 Å². The molecule has 0 saturated carbocycles.